The molecule has 0 bridgehead atoms. The predicted octanol–water partition coefficient (Wildman–Crippen LogP) is 1.56. The van der Waals surface area contributed by atoms with Gasteiger partial charge in [0.25, 0.3) is 0 Å². The van der Waals surface area contributed by atoms with E-state index >= 15 is 0 Å². The molecular formula is C10H20N2OS. The molecule has 3 nitrogen and oxygen atoms in total. The summed E-state index contributed by atoms with van der Waals surface area (Å²) >= 11 is 4.82. The van der Waals surface area contributed by atoms with Gasteiger partial charge in [-0.3, -0.25) is 4.79 Å². The highest BCUT2D eigenvalue weighted by molar-refractivity contribution is 7.80. The number of rotatable bonds is 6. The Morgan fingerprint density at radius 2 is 2.14 bits per heavy atom. The number of carbonyl (C=O) groups excluding carboxylic acids is 1. The molecule has 14 heavy (non-hydrogen) atoms. The van der Waals surface area contributed by atoms with Gasteiger partial charge in [-0.05, 0) is 6.42 Å². The second-order valence-corrected chi connectivity index (χ2v) is 4.15. The lowest BCUT2D eigenvalue weighted by Gasteiger charge is -2.18. The van der Waals surface area contributed by atoms with Gasteiger partial charge in [-0.1, -0.05) is 32.5 Å². The van der Waals surface area contributed by atoms with Crippen LogP contribution in [0.3, 0.4) is 0 Å². The van der Waals surface area contributed by atoms with Gasteiger partial charge in [0.2, 0.25) is 5.91 Å². The molecule has 1 unspecified atom stereocenters. The van der Waals surface area contributed by atoms with Gasteiger partial charge in [0, 0.05) is 25.9 Å². The van der Waals surface area contributed by atoms with E-state index in [-0.39, 0.29) is 11.8 Å². The van der Waals surface area contributed by atoms with Gasteiger partial charge >= 0.3 is 0 Å². The highest BCUT2D eigenvalue weighted by Gasteiger charge is 2.14. The van der Waals surface area contributed by atoms with Crippen LogP contribution in [0.2, 0.25) is 0 Å². The molecule has 0 aliphatic rings. The molecule has 0 saturated carbocycles. The normalized spacial score (nSPS) is 12.2. The van der Waals surface area contributed by atoms with E-state index in [1.807, 2.05) is 14.0 Å². The average Bonchev–Trinajstić information content (AvgIpc) is 2.13. The third-order valence-corrected chi connectivity index (χ3v) is 2.64. The molecule has 0 aliphatic carbocycles. The first-order valence-corrected chi connectivity index (χ1v) is 5.43. The minimum Gasteiger partial charge on any atom is -0.393 e. The summed E-state index contributed by atoms with van der Waals surface area (Å²) in [4.78, 5) is 13.7. The number of carbonyl (C=O) groups is 1. The molecule has 0 spiro atoms. The van der Waals surface area contributed by atoms with E-state index < -0.39 is 0 Å². The van der Waals surface area contributed by atoms with E-state index in [4.69, 9.17) is 18.0 Å². The topological polar surface area (TPSA) is 46.3 Å². The Morgan fingerprint density at radius 1 is 1.57 bits per heavy atom. The maximum absolute atomic E-state index is 11.6. The Bertz CT molecular complexity index is 206. The van der Waals surface area contributed by atoms with Crippen LogP contribution in [0.5, 0.6) is 0 Å². The van der Waals surface area contributed by atoms with E-state index in [0.717, 1.165) is 19.4 Å². The summed E-state index contributed by atoms with van der Waals surface area (Å²) in [6.45, 7) is 4.81. The van der Waals surface area contributed by atoms with Crippen molar-refractivity contribution in [3.05, 3.63) is 0 Å². The van der Waals surface area contributed by atoms with Crippen LogP contribution in [0.15, 0.2) is 0 Å². The summed E-state index contributed by atoms with van der Waals surface area (Å²) in [6, 6.07) is 0. The largest absolute Gasteiger partial charge is 0.393 e. The number of hydrogen-bond acceptors (Lipinski definition) is 2. The van der Waals surface area contributed by atoms with Crippen molar-refractivity contribution in [2.75, 3.05) is 13.6 Å². The predicted molar refractivity (Wildman–Crippen MR) is 63.1 cm³/mol. The summed E-state index contributed by atoms with van der Waals surface area (Å²) in [5, 5.41) is 0. The summed E-state index contributed by atoms with van der Waals surface area (Å²) in [5.74, 6) is 0.125. The minimum absolute atomic E-state index is 0.00146. The molecule has 2 N–H and O–H groups in total. The smallest absolute Gasteiger partial charge is 0.223 e. The molecule has 0 heterocycles. The van der Waals surface area contributed by atoms with Crippen molar-refractivity contribution in [2.45, 2.75) is 33.1 Å². The monoisotopic (exact) mass is 216 g/mol. The molecule has 0 radical (unpaired) electrons. The van der Waals surface area contributed by atoms with Crippen LogP contribution >= 0.6 is 12.2 Å². The van der Waals surface area contributed by atoms with Gasteiger partial charge in [0.05, 0.1) is 4.99 Å². The Labute approximate surface area is 91.6 Å². The van der Waals surface area contributed by atoms with Gasteiger partial charge in [-0.25, -0.2) is 0 Å². The van der Waals surface area contributed by atoms with Crippen LogP contribution in [-0.4, -0.2) is 29.4 Å². The summed E-state index contributed by atoms with van der Waals surface area (Å²) in [6.07, 6.45) is 2.57. The molecule has 0 aromatic carbocycles. The number of nitrogens with two attached hydrogens (primary N) is 1. The van der Waals surface area contributed by atoms with Crippen LogP contribution in [0.1, 0.15) is 33.1 Å². The van der Waals surface area contributed by atoms with Crippen LogP contribution in [-0.2, 0) is 4.79 Å². The standard InChI is InChI=1S/C10H20N2OS/c1-4-5-6-12(3)9(13)7-8(2)10(11)14/h8H,4-7H2,1-3H3,(H2,11,14). The molecule has 1 amide bonds. The highest BCUT2D eigenvalue weighted by atomic mass is 32.1. The van der Waals surface area contributed by atoms with Crippen molar-refractivity contribution < 1.29 is 4.79 Å². The van der Waals surface area contributed by atoms with E-state index in [9.17, 15) is 4.79 Å². The first-order valence-electron chi connectivity index (χ1n) is 5.02. The number of amides is 1. The lowest BCUT2D eigenvalue weighted by atomic mass is 10.1. The van der Waals surface area contributed by atoms with E-state index in [1.54, 1.807) is 4.90 Å². The fraction of sp³-hybridized carbons (Fsp3) is 0.800. The van der Waals surface area contributed by atoms with Crippen molar-refractivity contribution in [3.63, 3.8) is 0 Å². The molecule has 0 saturated heterocycles. The lowest BCUT2D eigenvalue weighted by molar-refractivity contribution is -0.130. The second kappa shape index (κ2) is 6.76. The summed E-state index contributed by atoms with van der Waals surface area (Å²) in [7, 11) is 1.82. The van der Waals surface area contributed by atoms with Crippen molar-refractivity contribution in [3.8, 4) is 0 Å². The summed E-state index contributed by atoms with van der Waals surface area (Å²) in [5.41, 5.74) is 5.45. The van der Waals surface area contributed by atoms with Crippen molar-refractivity contribution in [1.29, 1.82) is 0 Å². The molecule has 1 atom stereocenters. The number of hydrogen-bond donors (Lipinski definition) is 1. The second-order valence-electron chi connectivity index (χ2n) is 3.68. The van der Waals surface area contributed by atoms with Gasteiger partial charge < -0.3 is 10.6 Å². The van der Waals surface area contributed by atoms with Crippen LogP contribution < -0.4 is 5.73 Å². The van der Waals surface area contributed by atoms with Gasteiger partial charge in [0.1, 0.15) is 0 Å². The van der Waals surface area contributed by atoms with Crippen molar-refractivity contribution >= 4 is 23.1 Å². The average molecular weight is 216 g/mol. The summed E-state index contributed by atoms with van der Waals surface area (Å²) < 4.78 is 0. The Balaban J connectivity index is 3.88. The number of nitrogens with zero attached hydrogens (tertiary/aromatic N) is 1. The Hall–Kier alpha value is -0.640. The van der Waals surface area contributed by atoms with E-state index in [0.29, 0.717) is 11.4 Å². The third-order valence-electron chi connectivity index (χ3n) is 2.24. The van der Waals surface area contributed by atoms with Crippen molar-refractivity contribution in [1.82, 2.24) is 4.90 Å². The van der Waals surface area contributed by atoms with Gasteiger partial charge in [-0.2, -0.15) is 0 Å². The number of unbranched alkanes of at least 4 members (excludes halogenated alkanes) is 1. The zero-order valence-corrected chi connectivity index (χ0v) is 10.1. The fourth-order valence-electron chi connectivity index (χ4n) is 1.04. The lowest BCUT2D eigenvalue weighted by Crippen LogP contribution is -2.31. The maximum Gasteiger partial charge on any atom is 0.223 e. The van der Waals surface area contributed by atoms with Gasteiger partial charge in [-0.15, -0.1) is 0 Å². The van der Waals surface area contributed by atoms with E-state index in [2.05, 4.69) is 6.92 Å². The zero-order chi connectivity index (χ0) is 11.1. The van der Waals surface area contributed by atoms with Crippen LogP contribution in [0.4, 0.5) is 0 Å². The fourth-order valence-corrected chi connectivity index (χ4v) is 1.12. The maximum atomic E-state index is 11.6. The molecule has 0 aromatic rings. The van der Waals surface area contributed by atoms with E-state index in [1.165, 1.54) is 0 Å². The molecule has 4 heteroatoms. The zero-order valence-electron chi connectivity index (χ0n) is 9.25. The Kier molecular flexibility index (Phi) is 6.45. The molecule has 82 valence electrons. The first-order chi connectivity index (χ1) is 6.49. The van der Waals surface area contributed by atoms with Crippen molar-refractivity contribution in [2.24, 2.45) is 11.7 Å². The minimum atomic E-state index is 0.00146. The van der Waals surface area contributed by atoms with Gasteiger partial charge in [0.15, 0.2) is 0 Å². The molecule has 0 aliphatic heterocycles. The molecule has 0 rings (SSSR count). The third kappa shape index (κ3) is 5.17. The molecular weight excluding hydrogens is 196 g/mol. The molecule has 0 aromatic heterocycles. The quantitative estimate of drug-likeness (QED) is 0.685. The first kappa shape index (κ1) is 13.4. The highest BCUT2D eigenvalue weighted by Crippen LogP contribution is 2.05. The molecule has 0 fully saturated rings. The van der Waals surface area contributed by atoms with Crippen LogP contribution in [0.25, 0.3) is 0 Å². The number of thiocarbonyl (C=S) groups is 1. The Morgan fingerprint density at radius 3 is 2.57 bits per heavy atom. The SMILES string of the molecule is CCCCN(C)C(=O)CC(C)C(N)=S. The van der Waals surface area contributed by atoms with Crippen LogP contribution in [0, 0.1) is 5.92 Å².